The van der Waals surface area contributed by atoms with Crippen molar-refractivity contribution in [3.8, 4) is 0 Å². The molecule has 0 radical (unpaired) electrons. The minimum absolute atomic E-state index is 0.326. The third kappa shape index (κ3) is 5.89. The molecule has 1 amide bonds. The van der Waals surface area contributed by atoms with Gasteiger partial charge >= 0.3 is 11.9 Å². The number of benzene rings is 1. The number of amides is 1. The van der Waals surface area contributed by atoms with E-state index in [-0.39, 0.29) is 12.6 Å². The Morgan fingerprint density at radius 2 is 1.88 bits per heavy atom. The summed E-state index contributed by atoms with van der Waals surface area (Å²) < 4.78 is 9.74. The zero-order chi connectivity index (χ0) is 18.2. The molecule has 1 aliphatic carbocycles. The highest BCUT2D eigenvalue weighted by Gasteiger charge is 2.18. The maximum Gasteiger partial charge on any atom is 0.337 e. The molecule has 1 N–H and O–H groups in total. The molecule has 1 aromatic carbocycles. The van der Waals surface area contributed by atoms with Crippen LogP contribution in [0.15, 0.2) is 18.2 Å². The monoisotopic (exact) mass is 347 g/mol. The van der Waals surface area contributed by atoms with Gasteiger partial charge in [-0.3, -0.25) is 9.59 Å². The number of hydrogen-bond donors (Lipinski definition) is 1. The van der Waals surface area contributed by atoms with Crippen LogP contribution in [0.2, 0.25) is 0 Å². The van der Waals surface area contributed by atoms with E-state index in [1.165, 1.54) is 13.5 Å². The van der Waals surface area contributed by atoms with Gasteiger partial charge in [0.1, 0.15) is 0 Å². The number of nitrogens with one attached hydrogen (secondary N) is 1. The molecule has 1 aliphatic rings. The third-order valence-corrected chi connectivity index (χ3v) is 4.48. The second-order valence-electron chi connectivity index (χ2n) is 6.44. The van der Waals surface area contributed by atoms with E-state index in [0.29, 0.717) is 23.6 Å². The molecule has 0 aliphatic heterocycles. The lowest BCUT2D eigenvalue weighted by Gasteiger charge is -2.20. The molecule has 0 atom stereocenters. The number of hydrogen-bond acceptors (Lipinski definition) is 5. The number of ether oxygens (including phenoxy) is 2. The average Bonchev–Trinajstić information content (AvgIpc) is 2.62. The van der Waals surface area contributed by atoms with Crippen LogP contribution in [-0.2, 0) is 19.1 Å². The van der Waals surface area contributed by atoms with Gasteiger partial charge in [0.15, 0.2) is 6.61 Å². The molecule has 1 aromatic rings. The van der Waals surface area contributed by atoms with Crippen molar-refractivity contribution in [2.24, 2.45) is 5.92 Å². The van der Waals surface area contributed by atoms with Gasteiger partial charge in [-0.1, -0.05) is 25.3 Å². The van der Waals surface area contributed by atoms with Crippen LogP contribution in [0.4, 0.5) is 5.69 Å². The van der Waals surface area contributed by atoms with Gasteiger partial charge in [0, 0.05) is 12.1 Å². The number of carbonyl (C=O) groups excluding carboxylic acids is 3. The molecule has 2 rings (SSSR count). The van der Waals surface area contributed by atoms with Gasteiger partial charge in [-0.2, -0.15) is 0 Å². The van der Waals surface area contributed by atoms with Crippen molar-refractivity contribution in [2.75, 3.05) is 19.0 Å². The number of methoxy groups -OCH3 is 1. The topological polar surface area (TPSA) is 81.7 Å². The quantitative estimate of drug-likeness (QED) is 0.799. The fourth-order valence-corrected chi connectivity index (χ4v) is 3.02. The molecular formula is C19H25NO5. The third-order valence-electron chi connectivity index (χ3n) is 4.48. The SMILES string of the molecule is COC(=O)c1ccc(C)c(NC(=O)COC(=O)CC2CCCCC2)c1. The number of rotatable bonds is 6. The van der Waals surface area contributed by atoms with Gasteiger partial charge in [0.25, 0.3) is 5.91 Å². The van der Waals surface area contributed by atoms with E-state index in [4.69, 9.17) is 4.74 Å². The Labute approximate surface area is 147 Å². The lowest BCUT2D eigenvalue weighted by molar-refractivity contribution is -0.148. The van der Waals surface area contributed by atoms with Crippen LogP contribution in [0.1, 0.15) is 54.4 Å². The van der Waals surface area contributed by atoms with E-state index < -0.39 is 11.9 Å². The Morgan fingerprint density at radius 1 is 1.16 bits per heavy atom. The standard InChI is InChI=1S/C19H25NO5/c1-13-8-9-15(19(23)24-2)11-16(13)20-17(21)12-25-18(22)10-14-6-4-3-5-7-14/h8-9,11,14H,3-7,10,12H2,1-2H3,(H,20,21). The summed E-state index contributed by atoms with van der Waals surface area (Å²) in [7, 11) is 1.30. The van der Waals surface area contributed by atoms with E-state index >= 15 is 0 Å². The van der Waals surface area contributed by atoms with Gasteiger partial charge in [0.2, 0.25) is 0 Å². The van der Waals surface area contributed by atoms with Crippen molar-refractivity contribution in [1.29, 1.82) is 0 Å². The molecule has 0 heterocycles. The highest BCUT2D eigenvalue weighted by molar-refractivity contribution is 5.96. The summed E-state index contributed by atoms with van der Waals surface area (Å²) >= 11 is 0. The molecule has 1 saturated carbocycles. The van der Waals surface area contributed by atoms with E-state index in [9.17, 15) is 14.4 Å². The summed E-state index contributed by atoms with van der Waals surface area (Å²) in [6.07, 6.45) is 6.05. The molecule has 0 unspecified atom stereocenters. The molecule has 0 saturated heterocycles. The van der Waals surface area contributed by atoms with Gasteiger partial charge < -0.3 is 14.8 Å². The summed E-state index contributed by atoms with van der Waals surface area (Å²) in [6, 6.07) is 4.89. The Hall–Kier alpha value is -2.37. The second kappa shape index (κ2) is 9.20. The molecule has 0 bridgehead atoms. The zero-order valence-corrected chi connectivity index (χ0v) is 14.8. The minimum atomic E-state index is -0.477. The van der Waals surface area contributed by atoms with Crippen LogP contribution in [0.5, 0.6) is 0 Å². The first-order valence-electron chi connectivity index (χ1n) is 8.64. The number of esters is 2. The number of aryl methyl sites for hydroxylation is 1. The van der Waals surface area contributed by atoms with E-state index in [0.717, 1.165) is 31.2 Å². The van der Waals surface area contributed by atoms with Crippen LogP contribution in [-0.4, -0.2) is 31.6 Å². The largest absolute Gasteiger partial charge is 0.465 e. The smallest absolute Gasteiger partial charge is 0.337 e. The summed E-state index contributed by atoms with van der Waals surface area (Å²) in [6.45, 7) is 1.49. The van der Waals surface area contributed by atoms with Crippen LogP contribution >= 0.6 is 0 Å². The van der Waals surface area contributed by atoms with E-state index in [1.54, 1.807) is 18.2 Å². The predicted molar refractivity (Wildman–Crippen MR) is 93.3 cm³/mol. The fraction of sp³-hybridized carbons (Fsp3) is 0.526. The van der Waals surface area contributed by atoms with Gasteiger partial charge in [0.05, 0.1) is 12.7 Å². The zero-order valence-electron chi connectivity index (χ0n) is 14.8. The van der Waals surface area contributed by atoms with Crippen molar-refractivity contribution in [3.05, 3.63) is 29.3 Å². The molecule has 1 fully saturated rings. The molecule has 25 heavy (non-hydrogen) atoms. The van der Waals surface area contributed by atoms with Crippen LogP contribution in [0.25, 0.3) is 0 Å². The van der Waals surface area contributed by atoms with Crippen molar-refractivity contribution in [3.63, 3.8) is 0 Å². The van der Waals surface area contributed by atoms with Crippen molar-refractivity contribution < 1.29 is 23.9 Å². The molecule has 0 spiro atoms. The Balaban J connectivity index is 1.83. The first-order valence-corrected chi connectivity index (χ1v) is 8.64. The average molecular weight is 347 g/mol. The minimum Gasteiger partial charge on any atom is -0.465 e. The molecule has 6 nitrogen and oxygen atoms in total. The maximum atomic E-state index is 12.0. The predicted octanol–water partition coefficient (Wildman–Crippen LogP) is 3.23. The van der Waals surface area contributed by atoms with E-state index in [1.807, 2.05) is 6.92 Å². The summed E-state index contributed by atoms with van der Waals surface area (Å²) in [5.41, 5.74) is 1.64. The molecular weight excluding hydrogens is 322 g/mol. The normalized spacial score (nSPS) is 14.6. The second-order valence-corrected chi connectivity index (χ2v) is 6.44. The number of carbonyl (C=O) groups is 3. The van der Waals surface area contributed by atoms with Crippen LogP contribution in [0, 0.1) is 12.8 Å². The van der Waals surface area contributed by atoms with E-state index in [2.05, 4.69) is 10.1 Å². The Morgan fingerprint density at radius 3 is 2.56 bits per heavy atom. The molecule has 6 heteroatoms. The molecule has 0 aromatic heterocycles. The van der Waals surface area contributed by atoms with Crippen molar-refractivity contribution in [1.82, 2.24) is 0 Å². The first kappa shape index (κ1) is 19.0. The first-order chi connectivity index (χ1) is 12.0. The van der Waals surface area contributed by atoms with Crippen molar-refractivity contribution >= 4 is 23.5 Å². The summed E-state index contributed by atoms with van der Waals surface area (Å²) in [4.78, 5) is 35.4. The highest BCUT2D eigenvalue weighted by Crippen LogP contribution is 2.26. The van der Waals surface area contributed by atoms with Crippen LogP contribution < -0.4 is 5.32 Å². The van der Waals surface area contributed by atoms with Gasteiger partial charge in [-0.25, -0.2) is 4.79 Å². The fourth-order valence-electron chi connectivity index (χ4n) is 3.02. The summed E-state index contributed by atoms with van der Waals surface area (Å²) in [5.74, 6) is -0.859. The number of anilines is 1. The summed E-state index contributed by atoms with van der Waals surface area (Å²) in [5, 5.41) is 2.66. The lowest BCUT2D eigenvalue weighted by Crippen LogP contribution is -2.23. The lowest BCUT2D eigenvalue weighted by atomic mass is 9.87. The van der Waals surface area contributed by atoms with Gasteiger partial charge in [-0.05, 0) is 43.4 Å². The maximum absolute atomic E-state index is 12.0. The Kier molecular flexibility index (Phi) is 6.98. The molecule has 136 valence electrons. The van der Waals surface area contributed by atoms with Crippen molar-refractivity contribution in [2.45, 2.75) is 45.4 Å². The van der Waals surface area contributed by atoms with Gasteiger partial charge in [-0.15, -0.1) is 0 Å². The highest BCUT2D eigenvalue weighted by atomic mass is 16.5. The Bertz CT molecular complexity index is 635. The van der Waals surface area contributed by atoms with Crippen LogP contribution in [0.3, 0.4) is 0 Å².